The Kier molecular flexibility index (Phi) is 7.01. The minimum Gasteiger partial charge on any atom is -0.370 e. The summed E-state index contributed by atoms with van der Waals surface area (Å²) in [6, 6.07) is 13.9. The molecule has 1 aromatic heterocycles. The van der Waals surface area contributed by atoms with E-state index >= 15 is 0 Å². The number of imidazole rings is 1. The Hall–Kier alpha value is -3.61. The van der Waals surface area contributed by atoms with Crippen LogP contribution in [0.5, 0.6) is 0 Å². The van der Waals surface area contributed by atoms with Gasteiger partial charge in [0.2, 0.25) is 11.9 Å². The van der Waals surface area contributed by atoms with E-state index in [1.807, 2.05) is 65.9 Å². The number of nitrogens with zero attached hydrogens (tertiary/aromatic N) is 3. The molecule has 1 aliphatic rings. The predicted octanol–water partition coefficient (Wildman–Crippen LogP) is 4.71. The van der Waals surface area contributed by atoms with Gasteiger partial charge in [0, 0.05) is 37.3 Å². The van der Waals surface area contributed by atoms with Crippen molar-refractivity contribution in [2.24, 2.45) is 5.73 Å². The Labute approximate surface area is 200 Å². The highest BCUT2D eigenvalue weighted by Gasteiger charge is 2.24. The van der Waals surface area contributed by atoms with Gasteiger partial charge in [0.1, 0.15) is 0 Å². The minimum atomic E-state index is -0.383. The van der Waals surface area contributed by atoms with Crippen molar-refractivity contribution in [2.75, 3.05) is 12.4 Å². The maximum Gasteiger partial charge on any atom is 0.253 e. The molecule has 1 aliphatic carbocycles. The first-order valence-corrected chi connectivity index (χ1v) is 11.9. The first kappa shape index (κ1) is 23.5. The van der Waals surface area contributed by atoms with Gasteiger partial charge in [-0.3, -0.25) is 9.59 Å². The van der Waals surface area contributed by atoms with Crippen LogP contribution >= 0.6 is 0 Å². The van der Waals surface area contributed by atoms with Crippen molar-refractivity contribution >= 4 is 34.5 Å². The van der Waals surface area contributed by atoms with Gasteiger partial charge in [-0.05, 0) is 43.5 Å². The van der Waals surface area contributed by atoms with Gasteiger partial charge in [0.05, 0.1) is 11.0 Å². The highest BCUT2D eigenvalue weighted by Crippen LogP contribution is 2.27. The summed E-state index contributed by atoms with van der Waals surface area (Å²) in [4.78, 5) is 31.3. The molecular weight excluding hydrogens is 426 g/mol. The van der Waals surface area contributed by atoms with E-state index in [2.05, 4.69) is 11.9 Å². The second-order valence-corrected chi connectivity index (χ2v) is 9.18. The lowest BCUT2D eigenvalue weighted by Gasteiger charge is -2.31. The molecule has 2 amide bonds. The summed E-state index contributed by atoms with van der Waals surface area (Å²) in [7, 11) is 1.90. The number of anilines is 1. The smallest absolute Gasteiger partial charge is 0.253 e. The van der Waals surface area contributed by atoms with Crippen molar-refractivity contribution < 1.29 is 9.59 Å². The number of aromatic nitrogens is 2. The van der Waals surface area contributed by atoms with Crippen LogP contribution in [0, 0.1) is 6.92 Å². The summed E-state index contributed by atoms with van der Waals surface area (Å²) in [6.07, 6.45) is 5.89. The lowest BCUT2D eigenvalue weighted by Crippen LogP contribution is -2.38. The van der Waals surface area contributed by atoms with Crippen molar-refractivity contribution in [3.8, 4) is 0 Å². The number of benzene rings is 2. The Morgan fingerprint density at radius 1 is 1.12 bits per heavy atom. The van der Waals surface area contributed by atoms with Crippen LogP contribution < -0.4 is 11.1 Å². The van der Waals surface area contributed by atoms with E-state index in [4.69, 9.17) is 10.7 Å². The molecule has 1 fully saturated rings. The number of primary amides is 1. The zero-order chi connectivity index (χ0) is 24.2. The van der Waals surface area contributed by atoms with Gasteiger partial charge in [0.15, 0.2) is 0 Å². The van der Waals surface area contributed by atoms with E-state index in [1.54, 1.807) is 0 Å². The zero-order valence-electron chi connectivity index (χ0n) is 20.0. The maximum absolute atomic E-state index is 13.2. The first-order chi connectivity index (χ1) is 16.3. The number of hydrogen-bond donors (Lipinski definition) is 2. The third kappa shape index (κ3) is 5.14. The van der Waals surface area contributed by atoms with E-state index in [9.17, 15) is 9.59 Å². The number of amides is 2. The molecular formula is C27H33N5O2. The number of hydrogen-bond acceptors (Lipinski definition) is 4. The zero-order valence-corrected chi connectivity index (χ0v) is 20.0. The van der Waals surface area contributed by atoms with Crippen LogP contribution in [0.3, 0.4) is 0 Å². The number of fused-ring (bicyclic) bond motifs is 1. The molecule has 0 saturated heterocycles. The van der Waals surface area contributed by atoms with Crippen LogP contribution in [-0.4, -0.2) is 39.4 Å². The van der Waals surface area contributed by atoms with Gasteiger partial charge in [-0.15, -0.1) is 0 Å². The number of nitrogens with one attached hydrogen (secondary N) is 1. The van der Waals surface area contributed by atoms with E-state index in [0.29, 0.717) is 35.3 Å². The molecule has 0 atom stereocenters. The number of nitrogens with two attached hydrogens (primary N) is 1. The molecule has 1 heterocycles. The second kappa shape index (κ2) is 10.1. The molecule has 3 N–H and O–H groups in total. The number of carbonyl (C=O) groups excluding carboxylic acids is 2. The van der Waals surface area contributed by atoms with Crippen molar-refractivity contribution in [2.45, 2.75) is 58.0 Å². The summed E-state index contributed by atoms with van der Waals surface area (Å²) < 4.78 is 1.92. The predicted molar refractivity (Wildman–Crippen MR) is 136 cm³/mol. The Bertz CT molecular complexity index is 1210. The van der Waals surface area contributed by atoms with Crippen LogP contribution in [0.25, 0.3) is 16.7 Å². The fourth-order valence-corrected chi connectivity index (χ4v) is 4.61. The van der Waals surface area contributed by atoms with E-state index < -0.39 is 0 Å². The van der Waals surface area contributed by atoms with Crippen LogP contribution in [0.4, 0.5) is 5.95 Å². The molecule has 7 heteroatoms. The summed E-state index contributed by atoms with van der Waals surface area (Å²) in [6.45, 7) is 6.58. The monoisotopic (exact) mass is 459 g/mol. The Morgan fingerprint density at radius 3 is 2.47 bits per heavy atom. The van der Waals surface area contributed by atoms with Crippen molar-refractivity contribution in [1.82, 2.24) is 14.5 Å². The van der Waals surface area contributed by atoms with E-state index in [-0.39, 0.29) is 18.2 Å². The summed E-state index contributed by atoms with van der Waals surface area (Å²) >= 11 is 0. The molecule has 2 aromatic carbocycles. The molecule has 7 nitrogen and oxygen atoms in total. The average molecular weight is 460 g/mol. The van der Waals surface area contributed by atoms with Crippen molar-refractivity contribution in [1.29, 1.82) is 0 Å². The molecule has 0 radical (unpaired) electrons. The van der Waals surface area contributed by atoms with Crippen LogP contribution in [0.1, 0.15) is 60.0 Å². The molecule has 0 unspecified atom stereocenters. The second-order valence-electron chi connectivity index (χ2n) is 9.18. The lowest BCUT2D eigenvalue weighted by molar-refractivity contribution is -0.118. The molecule has 0 bridgehead atoms. The fraction of sp³-hybridized carbons (Fsp3) is 0.370. The van der Waals surface area contributed by atoms with Crippen LogP contribution in [-0.2, 0) is 11.3 Å². The maximum atomic E-state index is 13.2. The van der Waals surface area contributed by atoms with Gasteiger partial charge in [0.25, 0.3) is 5.91 Å². The van der Waals surface area contributed by atoms with Gasteiger partial charge >= 0.3 is 0 Å². The summed E-state index contributed by atoms with van der Waals surface area (Å²) in [5.41, 5.74) is 10.4. The third-order valence-corrected chi connectivity index (χ3v) is 6.68. The highest BCUT2D eigenvalue weighted by atomic mass is 16.2. The average Bonchev–Trinajstić information content (AvgIpc) is 3.18. The van der Waals surface area contributed by atoms with Crippen LogP contribution in [0.15, 0.2) is 49.0 Å². The summed E-state index contributed by atoms with van der Waals surface area (Å²) in [5.74, 6) is 0.192. The molecule has 3 aromatic rings. The molecule has 34 heavy (non-hydrogen) atoms. The highest BCUT2D eigenvalue weighted by molar-refractivity contribution is 5.98. The quantitative estimate of drug-likeness (QED) is 0.510. The van der Waals surface area contributed by atoms with E-state index in [0.717, 1.165) is 23.9 Å². The van der Waals surface area contributed by atoms with Crippen molar-refractivity contribution in [3.63, 3.8) is 0 Å². The molecule has 1 saturated carbocycles. The van der Waals surface area contributed by atoms with Gasteiger partial charge in [-0.25, -0.2) is 4.98 Å². The van der Waals surface area contributed by atoms with Crippen LogP contribution in [0.2, 0.25) is 0 Å². The van der Waals surface area contributed by atoms with Crippen molar-refractivity contribution in [3.05, 3.63) is 65.7 Å². The minimum absolute atomic E-state index is 0.0130. The molecule has 178 valence electrons. The topological polar surface area (TPSA) is 93.2 Å². The number of aryl methyl sites for hydroxylation is 2. The Balaban J connectivity index is 1.63. The van der Waals surface area contributed by atoms with Gasteiger partial charge < -0.3 is 20.5 Å². The van der Waals surface area contributed by atoms with E-state index in [1.165, 1.54) is 24.8 Å². The fourth-order valence-electron chi connectivity index (χ4n) is 4.61. The molecule has 4 rings (SSSR count). The largest absolute Gasteiger partial charge is 0.370 e. The lowest BCUT2D eigenvalue weighted by atomic mass is 9.94. The molecule has 0 spiro atoms. The first-order valence-electron chi connectivity index (χ1n) is 11.9. The molecule has 0 aliphatic heterocycles. The van der Waals surface area contributed by atoms with Gasteiger partial charge in [-0.1, -0.05) is 55.7 Å². The normalized spacial score (nSPS) is 14.2. The standard InChI is InChI=1S/C27H33N5O2/c1-18-9-11-20(12-10-18)19(2)29-27-30-23-17-21(13-14-24(23)32(27)16-15-25(28)33)26(34)31(3)22-7-5-4-6-8-22/h9-14,17,22H,2,4-8,15-16H2,1,3H3,(H2,28,33)(H,29,30). The number of rotatable bonds is 8. The summed E-state index contributed by atoms with van der Waals surface area (Å²) in [5, 5.41) is 3.29. The van der Waals surface area contributed by atoms with Gasteiger partial charge in [-0.2, -0.15) is 0 Å². The Morgan fingerprint density at radius 2 is 1.79 bits per heavy atom. The number of carbonyl (C=O) groups is 2. The third-order valence-electron chi connectivity index (χ3n) is 6.68. The SMILES string of the molecule is C=C(Nc1nc2cc(C(=O)N(C)C3CCCCC3)ccc2n1CCC(N)=O)c1ccc(C)cc1.